The van der Waals surface area contributed by atoms with Crippen LogP contribution in [0.15, 0.2) is 65.4 Å². The largest absolute Gasteiger partial charge is 0.327 e. The molecule has 4 nitrogen and oxygen atoms in total. The molecule has 2 aromatic carbocycles. The molecule has 0 fully saturated rings. The lowest BCUT2D eigenvalue weighted by molar-refractivity contribution is -0.112. The lowest BCUT2D eigenvalue weighted by Gasteiger charge is -2.18. The molecule has 0 aromatic heterocycles. The lowest BCUT2D eigenvalue weighted by atomic mass is 9.89. The highest BCUT2D eigenvalue weighted by Gasteiger charge is 2.24. The summed E-state index contributed by atoms with van der Waals surface area (Å²) in [5.74, 6) is -0.348. The van der Waals surface area contributed by atoms with E-state index in [1.807, 2.05) is 26.1 Å². The molecule has 0 saturated carbocycles. The Bertz CT molecular complexity index is 1030. The van der Waals surface area contributed by atoms with Crippen molar-refractivity contribution in [3.8, 4) is 0 Å². The molecule has 156 valence electrons. The zero-order valence-electron chi connectivity index (χ0n) is 17.9. The van der Waals surface area contributed by atoms with Crippen molar-refractivity contribution in [2.75, 3.05) is 7.05 Å². The Kier molecular flexibility index (Phi) is 6.63. The van der Waals surface area contributed by atoms with Crippen LogP contribution in [0.3, 0.4) is 0 Å². The summed E-state index contributed by atoms with van der Waals surface area (Å²) < 4.78 is 13.5. The van der Waals surface area contributed by atoms with Gasteiger partial charge in [0.25, 0.3) is 0 Å². The van der Waals surface area contributed by atoms with Crippen molar-refractivity contribution in [1.29, 1.82) is 0 Å². The van der Waals surface area contributed by atoms with E-state index in [0.717, 1.165) is 52.1 Å². The summed E-state index contributed by atoms with van der Waals surface area (Å²) in [7, 11) is 1.82. The van der Waals surface area contributed by atoms with E-state index in [2.05, 4.69) is 19.1 Å². The quantitative estimate of drug-likeness (QED) is 0.735. The lowest BCUT2D eigenvalue weighted by Crippen LogP contribution is -2.21. The number of benzene rings is 2. The van der Waals surface area contributed by atoms with Crippen molar-refractivity contribution in [3.63, 3.8) is 0 Å². The number of hydrogen-bond acceptors (Lipinski definition) is 4. The first-order chi connectivity index (χ1) is 14.3. The molecule has 0 aliphatic carbocycles. The van der Waals surface area contributed by atoms with Gasteiger partial charge in [0.05, 0.1) is 11.4 Å². The first kappa shape index (κ1) is 21.7. The fourth-order valence-electron chi connectivity index (χ4n) is 3.65. The summed E-state index contributed by atoms with van der Waals surface area (Å²) >= 11 is 0. The summed E-state index contributed by atoms with van der Waals surface area (Å²) in [6.45, 7) is 5.56. The van der Waals surface area contributed by atoms with Crippen LogP contribution >= 0.6 is 0 Å². The Morgan fingerprint density at radius 1 is 1.20 bits per heavy atom. The number of ketones is 1. The average Bonchev–Trinajstić information content (AvgIpc) is 2.82. The van der Waals surface area contributed by atoms with Crippen LogP contribution in [0.2, 0.25) is 0 Å². The van der Waals surface area contributed by atoms with E-state index in [4.69, 9.17) is 10.8 Å². The predicted molar refractivity (Wildman–Crippen MR) is 121 cm³/mol. The fraction of sp³-hybridized carbons (Fsp3) is 0.280. The van der Waals surface area contributed by atoms with Crippen LogP contribution in [0.1, 0.15) is 49.4 Å². The minimum absolute atomic E-state index is 0.0534. The number of nitrogens with two attached hydrogens (primary N) is 1. The molecule has 0 spiro atoms. The second kappa shape index (κ2) is 9.18. The van der Waals surface area contributed by atoms with Gasteiger partial charge in [-0.1, -0.05) is 31.2 Å². The van der Waals surface area contributed by atoms with Crippen LogP contribution in [0, 0.1) is 5.82 Å². The van der Waals surface area contributed by atoms with E-state index >= 15 is 0 Å². The molecule has 1 unspecified atom stereocenters. The molecule has 2 N–H and O–H groups in total. The molecule has 30 heavy (non-hydrogen) atoms. The summed E-state index contributed by atoms with van der Waals surface area (Å²) in [5, 5.41) is 6.51. The highest BCUT2D eigenvalue weighted by Crippen LogP contribution is 2.34. The summed E-state index contributed by atoms with van der Waals surface area (Å²) in [6.07, 6.45) is 5.26. The first-order valence-electron chi connectivity index (χ1n) is 10.2. The predicted octanol–water partition coefficient (Wildman–Crippen LogP) is 4.68. The van der Waals surface area contributed by atoms with Gasteiger partial charge in [0.1, 0.15) is 5.82 Å². The molecule has 0 amide bonds. The zero-order valence-corrected chi connectivity index (χ0v) is 17.9. The molecule has 0 saturated heterocycles. The second-order valence-electron chi connectivity index (χ2n) is 7.57. The van der Waals surface area contributed by atoms with Gasteiger partial charge in [-0.15, -0.1) is 0 Å². The molecule has 1 aliphatic heterocycles. The van der Waals surface area contributed by atoms with Crippen LogP contribution in [-0.2, 0) is 11.2 Å². The van der Waals surface area contributed by atoms with Gasteiger partial charge in [-0.3, -0.25) is 9.80 Å². The number of likely N-dealkylation sites (N-methyl/N-ethyl adjacent to an activating group) is 1. The van der Waals surface area contributed by atoms with Gasteiger partial charge in [0, 0.05) is 35.9 Å². The van der Waals surface area contributed by atoms with Gasteiger partial charge in [0.15, 0.2) is 5.78 Å². The second-order valence-corrected chi connectivity index (χ2v) is 7.57. The summed E-state index contributed by atoms with van der Waals surface area (Å²) in [4.78, 5) is 11.9. The minimum Gasteiger partial charge on any atom is -0.327 e. The molecule has 0 bridgehead atoms. The van der Waals surface area contributed by atoms with Crippen molar-refractivity contribution in [1.82, 2.24) is 5.01 Å². The number of hydrogen-bond donors (Lipinski definition) is 1. The maximum atomic E-state index is 13.5. The average molecular weight is 406 g/mol. The molecule has 3 rings (SSSR count). The third-order valence-corrected chi connectivity index (χ3v) is 5.27. The number of allylic oxidation sites excluding steroid dienone is 3. The van der Waals surface area contributed by atoms with Crippen LogP contribution in [-0.4, -0.2) is 29.6 Å². The zero-order chi connectivity index (χ0) is 21.8. The maximum Gasteiger partial charge on any atom is 0.154 e. The van der Waals surface area contributed by atoms with Gasteiger partial charge in [0.2, 0.25) is 0 Å². The highest BCUT2D eigenvalue weighted by atomic mass is 19.1. The normalized spacial score (nSPS) is 17.5. The van der Waals surface area contributed by atoms with E-state index in [-0.39, 0.29) is 17.6 Å². The first-order valence-corrected chi connectivity index (χ1v) is 10.2. The number of carbonyl (C=O) groups is 1. The highest BCUT2D eigenvalue weighted by molar-refractivity contribution is 6.16. The van der Waals surface area contributed by atoms with E-state index in [1.165, 1.54) is 19.1 Å². The molecule has 1 atom stereocenters. The summed E-state index contributed by atoms with van der Waals surface area (Å²) in [6, 6.07) is 12.6. The van der Waals surface area contributed by atoms with Crippen molar-refractivity contribution >= 4 is 17.1 Å². The van der Waals surface area contributed by atoms with Crippen LogP contribution in [0.25, 0.3) is 5.57 Å². The Morgan fingerprint density at radius 2 is 1.90 bits per heavy atom. The minimum atomic E-state index is -0.295. The number of rotatable bonds is 5. The van der Waals surface area contributed by atoms with Crippen LogP contribution < -0.4 is 5.73 Å². The van der Waals surface area contributed by atoms with Crippen molar-refractivity contribution in [2.24, 2.45) is 10.8 Å². The number of hydrazone groups is 1. The SMILES string of the molecule is C/C=C1\C(=C/C(C)=O)N(C)N=C(c2ccc(F)cc2)c2ccc(CC(N)CC)cc21. The number of nitrogens with zero attached hydrogens (tertiary/aromatic N) is 2. The van der Waals surface area contributed by atoms with Crippen molar-refractivity contribution in [2.45, 2.75) is 39.7 Å². The van der Waals surface area contributed by atoms with Gasteiger partial charge >= 0.3 is 0 Å². The molecular formula is C25H28FN3O. The third kappa shape index (κ3) is 4.57. The Labute approximate surface area is 177 Å². The molecule has 0 radical (unpaired) electrons. The van der Waals surface area contributed by atoms with Gasteiger partial charge in [-0.2, -0.15) is 5.10 Å². The standard InChI is InChI=1S/C25H28FN3O/c1-5-20(27)14-17-7-12-22-23(15-17)21(6-2)24(13-16(3)30)29(4)28-25(22)18-8-10-19(26)11-9-18/h6-13,15,20H,5,14,27H2,1-4H3/b21-6-,24-13+. The van der Waals surface area contributed by atoms with Crippen molar-refractivity contribution < 1.29 is 9.18 Å². The molecular weight excluding hydrogens is 377 g/mol. The van der Waals surface area contributed by atoms with E-state index in [1.54, 1.807) is 23.2 Å². The van der Waals surface area contributed by atoms with Gasteiger partial charge < -0.3 is 5.73 Å². The molecule has 1 heterocycles. The maximum absolute atomic E-state index is 13.5. The van der Waals surface area contributed by atoms with E-state index in [9.17, 15) is 9.18 Å². The smallest absolute Gasteiger partial charge is 0.154 e. The Hall–Kier alpha value is -3.05. The fourth-order valence-corrected chi connectivity index (χ4v) is 3.65. The van der Waals surface area contributed by atoms with E-state index < -0.39 is 0 Å². The van der Waals surface area contributed by atoms with Crippen LogP contribution in [0.5, 0.6) is 0 Å². The molecule has 2 aromatic rings. The Morgan fingerprint density at radius 3 is 2.50 bits per heavy atom. The molecule has 1 aliphatic rings. The van der Waals surface area contributed by atoms with Crippen molar-refractivity contribution in [3.05, 3.63) is 88.4 Å². The van der Waals surface area contributed by atoms with Crippen LogP contribution in [0.4, 0.5) is 4.39 Å². The number of fused-ring (bicyclic) bond motifs is 1. The monoisotopic (exact) mass is 405 g/mol. The Balaban J connectivity index is 2.26. The topological polar surface area (TPSA) is 58.7 Å². The molecule has 5 heteroatoms. The third-order valence-electron chi connectivity index (χ3n) is 5.27. The summed E-state index contributed by atoms with van der Waals surface area (Å²) in [5.41, 5.74) is 12.4. The number of carbonyl (C=O) groups excluding carboxylic acids is 1. The van der Waals surface area contributed by atoms with Gasteiger partial charge in [-0.25, -0.2) is 4.39 Å². The number of halogens is 1. The van der Waals surface area contributed by atoms with E-state index in [0.29, 0.717) is 0 Å². The van der Waals surface area contributed by atoms with Gasteiger partial charge in [-0.05, 0) is 62.1 Å².